The number of aromatic nitrogens is 1. The number of benzene rings is 1. The van der Waals surface area contributed by atoms with Crippen LogP contribution in [0, 0.1) is 0 Å². The molecule has 1 aromatic carbocycles. The Bertz CT molecular complexity index is 922. The summed E-state index contributed by atoms with van der Waals surface area (Å²) >= 11 is 0. The predicted molar refractivity (Wildman–Crippen MR) is 117 cm³/mol. The molecule has 1 aliphatic heterocycles. The van der Waals surface area contributed by atoms with Crippen molar-refractivity contribution in [2.45, 2.75) is 44.4 Å². The van der Waals surface area contributed by atoms with Gasteiger partial charge in [-0.05, 0) is 30.5 Å². The van der Waals surface area contributed by atoms with E-state index in [1.165, 1.54) is 22.6 Å². The number of piperazine rings is 1. The third-order valence-electron chi connectivity index (χ3n) is 6.52. The van der Waals surface area contributed by atoms with Crippen molar-refractivity contribution in [3.63, 3.8) is 0 Å². The molecular weight excluding hydrogens is 417 g/mol. The Hall–Kier alpha value is -2.45. The summed E-state index contributed by atoms with van der Waals surface area (Å²) in [6.07, 6.45) is -1.56. The second-order valence-corrected chi connectivity index (χ2v) is 8.68. The van der Waals surface area contributed by atoms with E-state index < -0.39 is 11.9 Å². The number of hydrogen-bond donors (Lipinski definition) is 0. The molecule has 5 nitrogen and oxygen atoms in total. The van der Waals surface area contributed by atoms with E-state index in [9.17, 15) is 18.0 Å². The lowest BCUT2D eigenvalue weighted by Gasteiger charge is -2.41. The number of anilines is 1. The van der Waals surface area contributed by atoms with Crippen LogP contribution in [0.5, 0.6) is 0 Å². The van der Waals surface area contributed by atoms with Gasteiger partial charge in [0.1, 0.15) is 0 Å². The molecule has 0 bridgehead atoms. The Morgan fingerprint density at radius 3 is 2.34 bits per heavy atom. The zero-order valence-electron chi connectivity index (χ0n) is 18.3. The summed E-state index contributed by atoms with van der Waals surface area (Å²) in [6, 6.07) is 13.1. The lowest BCUT2D eigenvalue weighted by Crippen LogP contribution is -2.55. The van der Waals surface area contributed by atoms with Crippen LogP contribution >= 0.6 is 0 Å². The zero-order valence-corrected chi connectivity index (χ0v) is 18.3. The fraction of sp³-hybridized carbons (Fsp3) is 0.500. The van der Waals surface area contributed by atoms with Crippen molar-refractivity contribution < 1.29 is 18.0 Å². The van der Waals surface area contributed by atoms with Gasteiger partial charge in [-0.2, -0.15) is 13.2 Å². The average Bonchev–Trinajstić information content (AvgIpc) is 3.58. The first kappa shape index (κ1) is 22.7. The SMILES string of the molecule is CCC(=O)N(CC1(N2CCN(Cc3ccccc3)CC2)CC1)c1cccnc1C(F)(F)F. The number of alkyl halides is 3. The fourth-order valence-electron chi connectivity index (χ4n) is 4.57. The van der Waals surface area contributed by atoms with Gasteiger partial charge in [-0.3, -0.25) is 14.6 Å². The van der Waals surface area contributed by atoms with Crippen molar-refractivity contribution in [3.05, 3.63) is 59.9 Å². The molecule has 1 saturated heterocycles. The third kappa shape index (κ3) is 4.96. The van der Waals surface area contributed by atoms with E-state index in [4.69, 9.17) is 0 Å². The number of halogens is 3. The van der Waals surface area contributed by atoms with E-state index in [2.05, 4.69) is 26.9 Å². The molecule has 0 radical (unpaired) electrons. The summed E-state index contributed by atoms with van der Waals surface area (Å²) < 4.78 is 40.8. The number of pyridine rings is 1. The summed E-state index contributed by atoms with van der Waals surface area (Å²) in [7, 11) is 0. The van der Waals surface area contributed by atoms with Crippen LogP contribution in [0.1, 0.15) is 37.4 Å². The van der Waals surface area contributed by atoms with Crippen molar-refractivity contribution in [3.8, 4) is 0 Å². The molecule has 1 aliphatic carbocycles. The lowest BCUT2D eigenvalue weighted by molar-refractivity contribution is -0.140. The van der Waals surface area contributed by atoms with E-state index in [1.807, 2.05) is 18.2 Å². The first-order chi connectivity index (χ1) is 15.3. The predicted octanol–water partition coefficient (Wildman–Crippen LogP) is 4.19. The Labute approximate surface area is 186 Å². The number of hydrogen-bond acceptors (Lipinski definition) is 4. The van der Waals surface area contributed by atoms with Crippen molar-refractivity contribution in [2.75, 3.05) is 37.6 Å². The summed E-state index contributed by atoms with van der Waals surface area (Å²) in [5.41, 5.74) is -0.105. The van der Waals surface area contributed by atoms with Gasteiger partial charge in [0, 0.05) is 57.4 Å². The third-order valence-corrected chi connectivity index (χ3v) is 6.52. The van der Waals surface area contributed by atoms with Crippen molar-refractivity contribution >= 4 is 11.6 Å². The number of amides is 1. The smallest absolute Gasteiger partial charge is 0.308 e. The fourth-order valence-corrected chi connectivity index (χ4v) is 4.57. The van der Waals surface area contributed by atoms with Gasteiger partial charge in [0.25, 0.3) is 0 Å². The molecule has 172 valence electrons. The van der Waals surface area contributed by atoms with Gasteiger partial charge in [0.15, 0.2) is 5.69 Å². The van der Waals surface area contributed by atoms with Crippen LogP contribution in [0.25, 0.3) is 0 Å². The van der Waals surface area contributed by atoms with E-state index in [0.29, 0.717) is 0 Å². The van der Waals surface area contributed by atoms with Crippen LogP contribution < -0.4 is 4.90 Å². The molecule has 2 aliphatic rings. The number of carbonyl (C=O) groups is 1. The van der Waals surface area contributed by atoms with Crippen LogP contribution in [-0.4, -0.2) is 59.0 Å². The maximum atomic E-state index is 13.6. The van der Waals surface area contributed by atoms with Crippen molar-refractivity contribution in [1.29, 1.82) is 0 Å². The average molecular weight is 447 g/mol. The van der Waals surface area contributed by atoms with Crippen LogP contribution in [-0.2, 0) is 17.5 Å². The van der Waals surface area contributed by atoms with Gasteiger partial charge in [-0.1, -0.05) is 37.3 Å². The molecule has 2 heterocycles. The highest BCUT2D eigenvalue weighted by Crippen LogP contribution is 2.45. The molecule has 32 heavy (non-hydrogen) atoms. The van der Waals surface area contributed by atoms with Gasteiger partial charge >= 0.3 is 6.18 Å². The number of rotatable bonds is 7. The van der Waals surface area contributed by atoms with Crippen LogP contribution in [0.15, 0.2) is 48.7 Å². The molecule has 2 aromatic rings. The molecule has 4 rings (SSSR count). The molecule has 1 aromatic heterocycles. The molecule has 1 amide bonds. The van der Waals surface area contributed by atoms with Crippen LogP contribution in [0.2, 0.25) is 0 Å². The molecule has 0 spiro atoms. The van der Waals surface area contributed by atoms with E-state index >= 15 is 0 Å². The van der Waals surface area contributed by atoms with Gasteiger partial charge < -0.3 is 4.90 Å². The Kier molecular flexibility index (Phi) is 6.53. The van der Waals surface area contributed by atoms with E-state index in [-0.39, 0.29) is 30.1 Å². The minimum absolute atomic E-state index is 0.138. The molecule has 0 N–H and O–H groups in total. The van der Waals surface area contributed by atoms with E-state index in [0.717, 1.165) is 51.8 Å². The summed E-state index contributed by atoms with van der Waals surface area (Å²) in [4.78, 5) is 22.4. The standard InChI is InChI=1S/C24H29F3N4O/c1-2-21(32)31(20-9-6-12-28-22(20)24(25,26)27)18-23(10-11-23)30-15-13-29(14-16-30)17-19-7-4-3-5-8-19/h3-9,12H,2,10-11,13-18H2,1H3. The Balaban J connectivity index is 1.47. The number of nitrogens with zero attached hydrogens (tertiary/aromatic N) is 4. The second-order valence-electron chi connectivity index (χ2n) is 8.68. The zero-order chi connectivity index (χ0) is 22.8. The minimum atomic E-state index is -4.61. The lowest BCUT2D eigenvalue weighted by atomic mass is 10.1. The molecular formula is C24H29F3N4O. The van der Waals surface area contributed by atoms with Crippen LogP contribution in [0.3, 0.4) is 0 Å². The van der Waals surface area contributed by atoms with Crippen LogP contribution in [0.4, 0.5) is 18.9 Å². The van der Waals surface area contributed by atoms with Gasteiger partial charge in [-0.15, -0.1) is 0 Å². The monoisotopic (exact) mass is 446 g/mol. The highest BCUT2D eigenvalue weighted by atomic mass is 19.4. The quantitative estimate of drug-likeness (QED) is 0.639. The highest BCUT2D eigenvalue weighted by molar-refractivity contribution is 5.94. The summed E-state index contributed by atoms with van der Waals surface area (Å²) in [6.45, 7) is 6.35. The van der Waals surface area contributed by atoms with Gasteiger partial charge in [0.2, 0.25) is 5.91 Å². The summed E-state index contributed by atoms with van der Waals surface area (Å²) in [5.74, 6) is -0.308. The molecule has 2 fully saturated rings. The van der Waals surface area contributed by atoms with Crippen molar-refractivity contribution in [1.82, 2.24) is 14.8 Å². The van der Waals surface area contributed by atoms with Gasteiger partial charge in [-0.25, -0.2) is 4.98 Å². The Morgan fingerprint density at radius 2 is 1.75 bits per heavy atom. The maximum Gasteiger partial charge on any atom is 0.435 e. The summed E-state index contributed by atoms with van der Waals surface area (Å²) in [5, 5.41) is 0. The van der Waals surface area contributed by atoms with Crippen molar-refractivity contribution in [2.24, 2.45) is 0 Å². The topological polar surface area (TPSA) is 39.7 Å². The number of carbonyl (C=O) groups excluding carboxylic acids is 1. The normalized spacial score (nSPS) is 19.0. The first-order valence-electron chi connectivity index (χ1n) is 11.2. The Morgan fingerprint density at radius 1 is 1.06 bits per heavy atom. The van der Waals surface area contributed by atoms with E-state index in [1.54, 1.807) is 6.92 Å². The molecule has 0 atom stereocenters. The molecule has 8 heteroatoms. The molecule has 0 unspecified atom stereocenters. The molecule has 1 saturated carbocycles. The minimum Gasteiger partial charge on any atom is -0.308 e. The van der Waals surface area contributed by atoms with Gasteiger partial charge in [0.05, 0.1) is 5.69 Å². The highest BCUT2D eigenvalue weighted by Gasteiger charge is 2.51. The largest absolute Gasteiger partial charge is 0.435 e. The first-order valence-corrected chi connectivity index (χ1v) is 11.2. The maximum absolute atomic E-state index is 13.6. The second kappa shape index (κ2) is 9.19.